The van der Waals surface area contributed by atoms with Gasteiger partial charge in [0.1, 0.15) is 25.0 Å². The monoisotopic (exact) mass is 401 g/mol. The summed E-state index contributed by atoms with van der Waals surface area (Å²) in [7, 11) is 0. The summed E-state index contributed by atoms with van der Waals surface area (Å²) in [6.45, 7) is 1.68. The van der Waals surface area contributed by atoms with Crippen molar-refractivity contribution in [1.82, 2.24) is 14.8 Å². The Hall–Kier alpha value is -1.83. The number of hydrogen-bond donors (Lipinski definition) is 2. The standard InChI is InChI=1S/C17H23N5O2.2ClH/c18-10-13-3-1-6-16(13)17(23)21-14-4-2-5-15(9-14)24-8-7-22-12-19-11-20-22;;/h2,4-5,9,11-13,16H,1,3,6-8,10,18H2,(H,21,23);2*1H/t13-,16-;;/m1../s1. The van der Waals surface area contributed by atoms with Crippen LogP contribution in [0.1, 0.15) is 19.3 Å². The van der Waals surface area contributed by atoms with Crippen LogP contribution >= 0.6 is 24.8 Å². The van der Waals surface area contributed by atoms with Crippen LogP contribution in [-0.4, -0.2) is 33.8 Å². The number of carbonyl (C=O) groups is 1. The third kappa shape index (κ3) is 5.86. The molecule has 0 radical (unpaired) electrons. The maximum absolute atomic E-state index is 12.4. The lowest BCUT2D eigenvalue weighted by molar-refractivity contribution is -0.120. The first kappa shape index (κ1) is 22.2. The van der Waals surface area contributed by atoms with E-state index in [0.29, 0.717) is 25.6 Å². The molecule has 0 spiro atoms. The van der Waals surface area contributed by atoms with Crippen LogP contribution in [0, 0.1) is 11.8 Å². The number of hydrogen-bond acceptors (Lipinski definition) is 5. The summed E-state index contributed by atoms with van der Waals surface area (Å²) in [4.78, 5) is 16.3. The van der Waals surface area contributed by atoms with Crippen LogP contribution in [0.5, 0.6) is 5.75 Å². The summed E-state index contributed by atoms with van der Waals surface area (Å²) in [5.41, 5.74) is 6.51. The molecule has 2 atom stereocenters. The van der Waals surface area contributed by atoms with Crippen molar-refractivity contribution in [2.24, 2.45) is 17.6 Å². The van der Waals surface area contributed by atoms with E-state index in [4.69, 9.17) is 10.5 Å². The van der Waals surface area contributed by atoms with Gasteiger partial charge in [-0.05, 0) is 37.4 Å². The first-order valence-electron chi connectivity index (χ1n) is 8.32. The Morgan fingerprint density at radius 2 is 2.19 bits per heavy atom. The Kier molecular flexibility index (Phi) is 9.40. The average molecular weight is 402 g/mol. The number of carbonyl (C=O) groups excluding carboxylic acids is 1. The largest absolute Gasteiger partial charge is 0.492 e. The van der Waals surface area contributed by atoms with Crippen molar-refractivity contribution in [3.63, 3.8) is 0 Å². The van der Waals surface area contributed by atoms with E-state index in [1.165, 1.54) is 6.33 Å². The quantitative estimate of drug-likeness (QED) is 0.742. The summed E-state index contributed by atoms with van der Waals surface area (Å²) in [6.07, 6.45) is 6.18. The molecule has 0 saturated heterocycles. The molecule has 0 unspecified atom stereocenters. The second-order valence-electron chi connectivity index (χ2n) is 6.06. The van der Waals surface area contributed by atoms with Crippen molar-refractivity contribution >= 4 is 36.4 Å². The highest BCUT2D eigenvalue weighted by Gasteiger charge is 2.31. The maximum Gasteiger partial charge on any atom is 0.227 e. The van der Waals surface area contributed by atoms with Gasteiger partial charge in [-0.1, -0.05) is 12.5 Å². The van der Waals surface area contributed by atoms with Crippen LogP contribution in [0.4, 0.5) is 5.69 Å². The number of benzene rings is 1. The molecule has 3 rings (SSSR count). The SMILES string of the molecule is Cl.Cl.NC[C@H]1CCC[C@H]1C(=O)Nc1cccc(OCCn2cncn2)c1. The van der Waals surface area contributed by atoms with Gasteiger partial charge in [0.15, 0.2) is 0 Å². The Labute approximate surface area is 165 Å². The topological polar surface area (TPSA) is 95.1 Å². The number of ether oxygens (including phenoxy) is 1. The van der Waals surface area contributed by atoms with Crippen molar-refractivity contribution < 1.29 is 9.53 Å². The fourth-order valence-corrected chi connectivity index (χ4v) is 3.17. The molecule has 26 heavy (non-hydrogen) atoms. The van der Waals surface area contributed by atoms with Gasteiger partial charge in [0.25, 0.3) is 0 Å². The second kappa shape index (κ2) is 11.0. The van der Waals surface area contributed by atoms with E-state index in [-0.39, 0.29) is 36.6 Å². The molecular weight excluding hydrogens is 377 g/mol. The molecule has 2 aromatic rings. The van der Waals surface area contributed by atoms with Crippen molar-refractivity contribution in [3.8, 4) is 5.75 Å². The predicted molar refractivity (Wildman–Crippen MR) is 105 cm³/mol. The lowest BCUT2D eigenvalue weighted by Crippen LogP contribution is -2.29. The molecule has 0 aliphatic heterocycles. The molecule has 9 heteroatoms. The smallest absolute Gasteiger partial charge is 0.227 e. The van der Waals surface area contributed by atoms with Gasteiger partial charge in [-0.15, -0.1) is 24.8 Å². The van der Waals surface area contributed by atoms with E-state index < -0.39 is 0 Å². The highest BCUT2D eigenvalue weighted by Crippen LogP contribution is 2.32. The summed E-state index contributed by atoms with van der Waals surface area (Å²) in [5, 5.41) is 7.01. The number of nitrogens with one attached hydrogen (secondary N) is 1. The zero-order valence-corrected chi connectivity index (χ0v) is 16.0. The van der Waals surface area contributed by atoms with Crippen LogP contribution in [0.3, 0.4) is 0 Å². The lowest BCUT2D eigenvalue weighted by Gasteiger charge is -2.17. The summed E-state index contributed by atoms with van der Waals surface area (Å²) in [5.74, 6) is 1.09. The number of halogens is 2. The second-order valence-corrected chi connectivity index (χ2v) is 6.06. The minimum absolute atomic E-state index is 0. The van der Waals surface area contributed by atoms with Crippen LogP contribution in [0.15, 0.2) is 36.9 Å². The van der Waals surface area contributed by atoms with E-state index >= 15 is 0 Å². The Balaban J connectivity index is 0.00000169. The molecule has 3 N–H and O–H groups in total. The molecule has 1 aliphatic carbocycles. The summed E-state index contributed by atoms with van der Waals surface area (Å²) in [6, 6.07) is 7.45. The van der Waals surface area contributed by atoms with E-state index in [2.05, 4.69) is 15.4 Å². The Morgan fingerprint density at radius 3 is 2.92 bits per heavy atom. The molecule has 1 amide bonds. The van der Waals surface area contributed by atoms with Gasteiger partial charge in [-0.25, -0.2) is 9.67 Å². The van der Waals surface area contributed by atoms with Gasteiger partial charge < -0.3 is 15.8 Å². The highest BCUT2D eigenvalue weighted by molar-refractivity contribution is 5.93. The Bertz CT molecular complexity index is 669. The minimum Gasteiger partial charge on any atom is -0.492 e. The fraction of sp³-hybridized carbons (Fsp3) is 0.471. The number of rotatable bonds is 7. The number of nitrogens with two attached hydrogens (primary N) is 1. The van der Waals surface area contributed by atoms with Crippen molar-refractivity contribution in [2.75, 3.05) is 18.5 Å². The molecule has 1 saturated carbocycles. The third-order valence-corrected chi connectivity index (χ3v) is 4.46. The van der Waals surface area contributed by atoms with Gasteiger partial charge in [-0.3, -0.25) is 4.79 Å². The molecule has 1 fully saturated rings. The maximum atomic E-state index is 12.4. The number of amides is 1. The van der Waals surface area contributed by atoms with Gasteiger partial charge in [0.2, 0.25) is 5.91 Å². The van der Waals surface area contributed by atoms with Crippen molar-refractivity contribution in [3.05, 3.63) is 36.9 Å². The molecule has 1 aromatic carbocycles. The van der Waals surface area contributed by atoms with Gasteiger partial charge >= 0.3 is 0 Å². The molecular formula is C17H25Cl2N5O2. The number of nitrogens with zero attached hydrogens (tertiary/aromatic N) is 3. The molecule has 0 bridgehead atoms. The molecule has 1 aliphatic rings. The van der Waals surface area contributed by atoms with Crippen LogP contribution in [-0.2, 0) is 11.3 Å². The van der Waals surface area contributed by atoms with Crippen molar-refractivity contribution in [1.29, 1.82) is 0 Å². The van der Waals surface area contributed by atoms with E-state index in [0.717, 1.165) is 30.7 Å². The summed E-state index contributed by atoms with van der Waals surface area (Å²) < 4.78 is 7.42. The predicted octanol–water partition coefficient (Wildman–Crippen LogP) is 2.51. The Morgan fingerprint density at radius 1 is 1.35 bits per heavy atom. The summed E-state index contributed by atoms with van der Waals surface area (Å²) >= 11 is 0. The molecule has 7 nitrogen and oxygen atoms in total. The van der Waals surface area contributed by atoms with Gasteiger partial charge in [0.05, 0.1) is 6.54 Å². The van der Waals surface area contributed by atoms with E-state index in [1.54, 1.807) is 11.0 Å². The zero-order valence-electron chi connectivity index (χ0n) is 14.4. The van der Waals surface area contributed by atoms with Crippen molar-refractivity contribution in [2.45, 2.75) is 25.8 Å². The molecule has 1 aromatic heterocycles. The lowest BCUT2D eigenvalue weighted by atomic mass is 9.95. The third-order valence-electron chi connectivity index (χ3n) is 4.46. The highest BCUT2D eigenvalue weighted by atomic mass is 35.5. The van der Waals surface area contributed by atoms with Gasteiger partial charge in [-0.2, -0.15) is 5.10 Å². The van der Waals surface area contributed by atoms with E-state index in [1.807, 2.05) is 24.3 Å². The minimum atomic E-state index is 0. The molecule has 1 heterocycles. The first-order valence-corrected chi connectivity index (χ1v) is 8.32. The van der Waals surface area contributed by atoms with Gasteiger partial charge in [0, 0.05) is 17.7 Å². The number of aromatic nitrogens is 3. The number of anilines is 1. The normalized spacial score (nSPS) is 18.5. The fourth-order valence-electron chi connectivity index (χ4n) is 3.17. The average Bonchev–Trinajstić information content (AvgIpc) is 3.26. The van der Waals surface area contributed by atoms with E-state index in [9.17, 15) is 4.79 Å². The van der Waals surface area contributed by atoms with Crippen LogP contribution in [0.25, 0.3) is 0 Å². The molecule has 144 valence electrons. The van der Waals surface area contributed by atoms with Crippen LogP contribution in [0.2, 0.25) is 0 Å². The zero-order chi connectivity index (χ0) is 16.8. The first-order chi connectivity index (χ1) is 11.8. The van der Waals surface area contributed by atoms with Crippen LogP contribution < -0.4 is 15.8 Å².